The lowest BCUT2D eigenvalue weighted by Crippen LogP contribution is -2.46. The Morgan fingerprint density at radius 3 is 2.40 bits per heavy atom. The summed E-state index contributed by atoms with van der Waals surface area (Å²) in [5, 5.41) is 14.4. The van der Waals surface area contributed by atoms with Gasteiger partial charge in [-0.3, -0.25) is 9.69 Å². The molecule has 2 fully saturated rings. The van der Waals surface area contributed by atoms with E-state index in [1.807, 2.05) is 6.07 Å². The number of fused-ring (bicyclic) bond motifs is 1. The van der Waals surface area contributed by atoms with E-state index < -0.39 is 23.1 Å². The van der Waals surface area contributed by atoms with Crippen LogP contribution in [0.4, 0.5) is 14.5 Å². The second kappa shape index (κ2) is 15.6. The minimum Gasteiger partial charge on any atom is -0.386 e. The van der Waals surface area contributed by atoms with Crippen LogP contribution in [0.2, 0.25) is 0 Å². The Bertz CT molecular complexity index is 2090. The highest BCUT2D eigenvalue weighted by Crippen LogP contribution is 2.37. The predicted molar refractivity (Wildman–Crippen MR) is 206 cm³/mol. The molecule has 0 spiro atoms. The number of benzene rings is 3. The van der Waals surface area contributed by atoms with E-state index in [-0.39, 0.29) is 11.3 Å². The number of piperazine rings is 1. The molecule has 0 saturated carbocycles. The number of aromatic amines is 1. The minimum atomic E-state index is -1.30. The summed E-state index contributed by atoms with van der Waals surface area (Å²) in [7, 11) is 0. The summed E-state index contributed by atoms with van der Waals surface area (Å²) in [6.45, 7) is 13.5. The lowest BCUT2D eigenvalue weighted by atomic mass is 9.94. The number of hydrogen-bond donors (Lipinski definition) is 3. The number of anilines is 1. The Hall–Kier alpha value is -4.26. The van der Waals surface area contributed by atoms with E-state index in [9.17, 15) is 9.90 Å². The summed E-state index contributed by atoms with van der Waals surface area (Å²) >= 11 is 6.51. The summed E-state index contributed by atoms with van der Waals surface area (Å²) in [5.41, 5.74) is 3.72. The maximum atomic E-state index is 15.2. The van der Waals surface area contributed by atoms with E-state index in [1.54, 1.807) is 6.92 Å². The fraction of sp³-hybridized carbons (Fsp3) is 0.390. The standard InChI is InChI=1S/C41H46ClF2N7O2/c1-26-33(21-31(43)22-37(26)51(42)40(52)32-9-8-30(20-35(32)44)41(2,3)53)38-34-23-36(48-39(34)47-25-46-38)29-6-4-28(5-7-29)24-50-18-16-49(17-19-50)15-12-27-10-13-45-14-11-27/h4-9,20-23,25,27,45,53H,10-19,24H2,1-3H3,(H,46,47,48). The molecule has 9 nitrogen and oxygen atoms in total. The van der Waals surface area contributed by atoms with Crippen LogP contribution >= 0.6 is 11.8 Å². The molecule has 0 atom stereocenters. The molecule has 278 valence electrons. The molecular weight excluding hydrogens is 696 g/mol. The Morgan fingerprint density at radius 1 is 0.981 bits per heavy atom. The number of hydrogen-bond acceptors (Lipinski definition) is 7. The lowest BCUT2D eigenvalue weighted by molar-refractivity contribution is 0.0780. The van der Waals surface area contributed by atoms with Gasteiger partial charge in [-0.15, -0.1) is 0 Å². The largest absolute Gasteiger partial charge is 0.386 e. The number of aromatic nitrogens is 3. The number of rotatable bonds is 10. The Labute approximate surface area is 314 Å². The Morgan fingerprint density at radius 2 is 1.70 bits per heavy atom. The van der Waals surface area contributed by atoms with Gasteiger partial charge in [0.1, 0.15) is 23.6 Å². The first kappa shape index (κ1) is 37.1. The molecule has 0 unspecified atom stereocenters. The first-order valence-electron chi connectivity index (χ1n) is 18.4. The van der Waals surface area contributed by atoms with E-state index in [2.05, 4.69) is 54.3 Å². The molecule has 1 amide bonds. The zero-order valence-electron chi connectivity index (χ0n) is 30.4. The number of nitrogens with zero attached hydrogens (tertiary/aromatic N) is 5. The van der Waals surface area contributed by atoms with Crippen LogP contribution in [0.15, 0.2) is 67.0 Å². The van der Waals surface area contributed by atoms with Crippen LogP contribution in [0.3, 0.4) is 0 Å². The first-order chi connectivity index (χ1) is 25.4. The molecule has 3 aromatic carbocycles. The average molecular weight is 742 g/mol. The van der Waals surface area contributed by atoms with Crippen LogP contribution in [-0.4, -0.2) is 81.6 Å². The number of aliphatic hydroxyl groups is 1. The van der Waals surface area contributed by atoms with Gasteiger partial charge in [-0.2, -0.15) is 0 Å². The molecule has 0 radical (unpaired) electrons. The number of amides is 1. The normalized spacial score (nSPS) is 16.4. The van der Waals surface area contributed by atoms with Crippen molar-refractivity contribution in [3.8, 4) is 22.5 Å². The zero-order valence-corrected chi connectivity index (χ0v) is 31.2. The minimum absolute atomic E-state index is 0.0503. The van der Waals surface area contributed by atoms with Crippen molar-refractivity contribution >= 4 is 34.4 Å². The molecule has 2 aromatic heterocycles. The number of halogens is 3. The fourth-order valence-electron chi connectivity index (χ4n) is 7.46. The van der Waals surface area contributed by atoms with Crippen LogP contribution < -0.4 is 9.74 Å². The smallest absolute Gasteiger partial charge is 0.275 e. The third-order valence-electron chi connectivity index (χ3n) is 10.8. The van der Waals surface area contributed by atoms with Crippen LogP contribution in [0, 0.1) is 24.5 Å². The van der Waals surface area contributed by atoms with Crippen molar-refractivity contribution in [3.63, 3.8) is 0 Å². The van der Waals surface area contributed by atoms with Crippen molar-refractivity contribution in [2.24, 2.45) is 5.92 Å². The summed E-state index contributed by atoms with van der Waals surface area (Å²) in [6, 6.07) is 16.7. The quantitative estimate of drug-likeness (QED) is 0.128. The predicted octanol–water partition coefficient (Wildman–Crippen LogP) is 7.41. The van der Waals surface area contributed by atoms with E-state index >= 15 is 8.78 Å². The number of carbonyl (C=O) groups is 1. The summed E-state index contributed by atoms with van der Waals surface area (Å²) in [5.74, 6) is -1.51. The maximum absolute atomic E-state index is 15.2. The zero-order chi connectivity index (χ0) is 37.3. The van der Waals surface area contributed by atoms with Gasteiger partial charge in [0.05, 0.1) is 22.5 Å². The third kappa shape index (κ3) is 8.29. The summed E-state index contributed by atoms with van der Waals surface area (Å²) in [6.07, 6.45) is 5.33. The first-order valence-corrected chi connectivity index (χ1v) is 18.7. The SMILES string of the molecule is Cc1c(-c2ncnc3[nH]c(-c4ccc(CN5CCN(CCC6CCNCC6)CC5)cc4)cc23)cc(F)cc1N(Cl)C(=O)c1ccc(C(C)(C)O)cc1F. The molecule has 5 aromatic rings. The fourth-order valence-corrected chi connectivity index (χ4v) is 7.73. The molecule has 7 rings (SSSR count). The summed E-state index contributed by atoms with van der Waals surface area (Å²) < 4.78 is 31.0. The Balaban J connectivity index is 1.05. The molecule has 3 N–H and O–H groups in total. The van der Waals surface area contributed by atoms with E-state index in [1.165, 1.54) is 69.7 Å². The van der Waals surface area contributed by atoms with Gasteiger partial charge in [0.2, 0.25) is 0 Å². The van der Waals surface area contributed by atoms with E-state index in [4.69, 9.17) is 11.8 Å². The van der Waals surface area contributed by atoms with Crippen molar-refractivity contribution < 1.29 is 18.7 Å². The molecular formula is C41H46ClF2N7O2. The van der Waals surface area contributed by atoms with E-state index in [0.29, 0.717) is 37.8 Å². The molecule has 53 heavy (non-hydrogen) atoms. The van der Waals surface area contributed by atoms with Gasteiger partial charge < -0.3 is 20.3 Å². The van der Waals surface area contributed by atoms with Crippen LogP contribution in [0.1, 0.15) is 60.2 Å². The van der Waals surface area contributed by atoms with Crippen molar-refractivity contribution in [1.29, 1.82) is 0 Å². The van der Waals surface area contributed by atoms with Gasteiger partial charge in [0.25, 0.3) is 5.91 Å². The average Bonchev–Trinajstić information content (AvgIpc) is 3.60. The highest BCUT2D eigenvalue weighted by atomic mass is 35.5. The van der Waals surface area contributed by atoms with Gasteiger partial charge in [0.15, 0.2) is 0 Å². The van der Waals surface area contributed by atoms with Crippen LogP contribution in [0.5, 0.6) is 0 Å². The van der Waals surface area contributed by atoms with Gasteiger partial charge in [0, 0.05) is 61.1 Å². The molecule has 2 saturated heterocycles. The third-order valence-corrected chi connectivity index (χ3v) is 11.1. The second-order valence-corrected chi connectivity index (χ2v) is 15.2. The summed E-state index contributed by atoms with van der Waals surface area (Å²) in [4.78, 5) is 30.8. The molecule has 4 heterocycles. The topological polar surface area (TPSA) is 101 Å². The maximum Gasteiger partial charge on any atom is 0.275 e. The van der Waals surface area contributed by atoms with Gasteiger partial charge in [-0.05, 0) is 118 Å². The number of carbonyl (C=O) groups excluding carboxylic acids is 1. The monoisotopic (exact) mass is 741 g/mol. The highest BCUT2D eigenvalue weighted by molar-refractivity contribution is 6.39. The molecule has 12 heteroatoms. The van der Waals surface area contributed by atoms with Gasteiger partial charge in [-0.1, -0.05) is 30.3 Å². The number of nitrogens with one attached hydrogen (secondary N) is 2. The lowest BCUT2D eigenvalue weighted by Gasteiger charge is -2.35. The Kier molecular flexibility index (Phi) is 10.9. The van der Waals surface area contributed by atoms with Crippen LogP contribution in [0.25, 0.3) is 33.5 Å². The van der Waals surface area contributed by atoms with Crippen molar-refractivity contribution in [2.75, 3.05) is 50.2 Å². The molecule has 2 aliphatic rings. The second-order valence-electron chi connectivity index (χ2n) is 14.9. The molecule has 0 bridgehead atoms. The van der Waals surface area contributed by atoms with Gasteiger partial charge in [-0.25, -0.2) is 23.2 Å². The molecule has 2 aliphatic heterocycles. The molecule has 0 aliphatic carbocycles. The van der Waals surface area contributed by atoms with E-state index in [0.717, 1.165) is 75.1 Å². The number of H-pyrrole nitrogens is 1. The number of piperidine rings is 1. The van der Waals surface area contributed by atoms with Crippen molar-refractivity contribution in [3.05, 3.63) is 101 Å². The van der Waals surface area contributed by atoms with Crippen LogP contribution in [-0.2, 0) is 12.1 Å². The van der Waals surface area contributed by atoms with Crippen molar-refractivity contribution in [2.45, 2.75) is 52.2 Å². The highest BCUT2D eigenvalue weighted by Gasteiger charge is 2.26. The van der Waals surface area contributed by atoms with Crippen molar-refractivity contribution in [1.82, 2.24) is 30.1 Å². The van der Waals surface area contributed by atoms with Gasteiger partial charge >= 0.3 is 0 Å².